The number of nitrogens with zero attached hydrogens (tertiary/aromatic N) is 1. The van der Waals surface area contributed by atoms with E-state index in [1.165, 1.54) is 24.3 Å². The van der Waals surface area contributed by atoms with Gasteiger partial charge in [0.2, 0.25) is 11.9 Å². The molecule has 1 aliphatic heterocycles. The van der Waals surface area contributed by atoms with Gasteiger partial charge in [0.15, 0.2) is 0 Å². The van der Waals surface area contributed by atoms with Gasteiger partial charge in [-0.15, -0.1) is 0 Å². The Hall–Kier alpha value is -2.82. The lowest BCUT2D eigenvalue weighted by molar-refractivity contribution is -0.527. The van der Waals surface area contributed by atoms with E-state index in [2.05, 4.69) is 10.6 Å². The van der Waals surface area contributed by atoms with Crippen molar-refractivity contribution in [3.63, 3.8) is 0 Å². The summed E-state index contributed by atoms with van der Waals surface area (Å²) >= 11 is 0. The van der Waals surface area contributed by atoms with Crippen molar-refractivity contribution in [3.8, 4) is 0 Å². The van der Waals surface area contributed by atoms with E-state index in [4.69, 9.17) is 0 Å². The van der Waals surface area contributed by atoms with Crippen molar-refractivity contribution in [2.24, 2.45) is 5.92 Å². The van der Waals surface area contributed by atoms with E-state index in [1.807, 2.05) is 13.8 Å². The topological polar surface area (TPSA) is 125 Å². The monoisotopic (exact) mass is 443 g/mol. The van der Waals surface area contributed by atoms with Gasteiger partial charge in [-0.25, -0.2) is 4.39 Å². The van der Waals surface area contributed by atoms with E-state index in [1.54, 1.807) is 30.3 Å². The molecule has 0 saturated carbocycles. The summed E-state index contributed by atoms with van der Waals surface area (Å²) in [6.45, 7) is 3.76. The molecule has 10 heteroatoms. The highest BCUT2D eigenvalue weighted by atomic mass is 19.1. The van der Waals surface area contributed by atoms with Crippen LogP contribution in [0.25, 0.3) is 0 Å². The second kappa shape index (κ2) is 10.2. The zero-order valence-corrected chi connectivity index (χ0v) is 17.9. The fraction of sp³-hybridized carbons (Fsp3) is 0.409. The summed E-state index contributed by atoms with van der Waals surface area (Å²) in [5, 5.41) is 37.3. The molecule has 32 heavy (non-hydrogen) atoms. The molecule has 1 heterocycles. The predicted molar refractivity (Wildman–Crippen MR) is 118 cm³/mol. The number of carbonyl (C=O) groups excluding carboxylic acids is 1. The van der Waals surface area contributed by atoms with Crippen molar-refractivity contribution in [1.29, 1.82) is 0 Å². The molecular formula is C22H27BFN3O5. The Morgan fingerprint density at radius 3 is 2.31 bits per heavy atom. The van der Waals surface area contributed by atoms with E-state index in [-0.39, 0.29) is 5.92 Å². The summed E-state index contributed by atoms with van der Waals surface area (Å²) in [6.07, 6.45) is 0.318. The summed E-state index contributed by atoms with van der Waals surface area (Å²) in [5.41, 5.74) is 1.10. The highest BCUT2D eigenvalue weighted by Gasteiger charge is 2.54. The van der Waals surface area contributed by atoms with E-state index in [9.17, 15) is 29.3 Å². The number of hydrogen-bond acceptors (Lipinski definition) is 6. The summed E-state index contributed by atoms with van der Waals surface area (Å²) in [7, 11) is -1.77. The zero-order valence-electron chi connectivity index (χ0n) is 17.9. The Bertz CT molecular complexity index is 929. The molecule has 2 aromatic carbocycles. The molecule has 0 spiro atoms. The molecule has 2 aromatic rings. The third kappa shape index (κ3) is 5.32. The molecule has 1 saturated heterocycles. The number of nitro groups is 1. The summed E-state index contributed by atoms with van der Waals surface area (Å²) in [5.74, 6) is -2.81. The largest absolute Gasteiger partial charge is 0.475 e. The SMILES string of the molecule is CC(C)CC(NC(=O)[C@@H]1N[C@H](c2ccccc2)[C@H]([N+](=O)[O-])C1c1ccc(F)cc1)B(O)O. The first kappa shape index (κ1) is 23.8. The van der Waals surface area contributed by atoms with Gasteiger partial charge in [-0.2, -0.15) is 0 Å². The van der Waals surface area contributed by atoms with Gasteiger partial charge in [0.05, 0.1) is 11.9 Å². The maximum atomic E-state index is 13.5. The molecule has 1 amide bonds. The Morgan fingerprint density at radius 2 is 1.78 bits per heavy atom. The van der Waals surface area contributed by atoms with E-state index in [0.717, 1.165) is 0 Å². The van der Waals surface area contributed by atoms with Crippen molar-refractivity contribution >= 4 is 13.0 Å². The van der Waals surface area contributed by atoms with E-state index >= 15 is 0 Å². The van der Waals surface area contributed by atoms with Gasteiger partial charge in [-0.1, -0.05) is 56.3 Å². The third-order valence-corrected chi connectivity index (χ3v) is 5.78. The van der Waals surface area contributed by atoms with Crippen molar-refractivity contribution in [2.75, 3.05) is 0 Å². The second-order valence-electron chi connectivity index (χ2n) is 8.54. The van der Waals surface area contributed by atoms with Crippen LogP contribution in [0.1, 0.15) is 43.4 Å². The van der Waals surface area contributed by atoms with E-state index < -0.39 is 53.8 Å². The second-order valence-corrected chi connectivity index (χ2v) is 8.54. The van der Waals surface area contributed by atoms with Gasteiger partial charge >= 0.3 is 7.12 Å². The van der Waals surface area contributed by atoms with Gasteiger partial charge < -0.3 is 15.4 Å². The average Bonchev–Trinajstić information content (AvgIpc) is 3.15. The molecule has 2 unspecified atom stereocenters. The van der Waals surface area contributed by atoms with Crippen molar-refractivity contribution in [1.82, 2.24) is 10.6 Å². The number of carbonyl (C=O) groups is 1. The molecule has 4 N–H and O–H groups in total. The number of amides is 1. The summed E-state index contributed by atoms with van der Waals surface area (Å²) in [6, 6.07) is 11.1. The predicted octanol–water partition coefficient (Wildman–Crippen LogP) is 1.81. The molecule has 8 nitrogen and oxygen atoms in total. The molecule has 0 aliphatic carbocycles. The minimum Gasteiger partial charge on any atom is -0.426 e. The minimum absolute atomic E-state index is 0.0788. The number of hydrogen-bond donors (Lipinski definition) is 4. The number of rotatable bonds is 8. The highest BCUT2D eigenvalue weighted by molar-refractivity contribution is 6.43. The van der Waals surface area contributed by atoms with Crippen LogP contribution < -0.4 is 10.6 Å². The van der Waals surface area contributed by atoms with Gasteiger partial charge in [-0.05, 0) is 35.6 Å². The van der Waals surface area contributed by atoms with Crippen molar-refractivity contribution in [2.45, 2.75) is 50.3 Å². The van der Waals surface area contributed by atoms with Crippen LogP contribution >= 0.6 is 0 Å². The molecule has 170 valence electrons. The average molecular weight is 443 g/mol. The lowest BCUT2D eigenvalue weighted by Gasteiger charge is -2.24. The van der Waals surface area contributed by atoms with Gasteiger partial charge in [0, 0.05) is 4.92 Å². The Kier molecular flexibility index (Phi) is 7.60. The van der Waals surface area contributed by atoms with Gasteiger partial charge in [-0.3, -0.25) is 20.2 Å². The van der Waals surface area contributed by atoms with Crippen molar-refractivity contribution in [3.05, 3.63) is 81.7 Å². The fourth-order valence-electron chi connectivity index (χ4n) is 4.36. The highest BCUT2D eigenvalue weighted by Crippen LogP contribution is 2.40. The maximum Gasteiger partial charge on any atom is 0.475 e. The van der Waals surface area contributed by atoms with Crippen LogP contribution in [0.15, 0.2) is 54.6 Å². The Balaban J connectivity index is 2.00. The number of halogens is 1. The molecule has 0 aromatic heterocycles. The van der Waals surface area contributed by atoms with Crippen LogP contribution in [0, 0.1) is 21.8 Å². The lowest BCUT2D eigenvalue weighted by Crippen LogP contribution is -2.53. The van der Waals surface area contributed by atoms with Gasteiger partial charge in [0.1, 0.15) is 17.9 Å². The third-order valence-electron chi connectivity index (χ3n) is 5.78. The fourth-order valence-corrected chi connectivity index (χ4v) is 4.36. The molecule has 1 aliphatic rings. The molecular weight excluding hydrogens is 416 g/mol. The van der Waals surface area contributed by atoms with Gasteiger partial charge in [0.25, 0.3) is 0 Å². The summed E-state index contributed by atoms with van der Waals surface area (Å²) < 4.78 is 13.5. The quantitative estimate of drug-likeness (QED) is 0.280. The number of nitrogens with one attached hydrogen (secondary N) is 2. The van der Waals surface area contributed by atoms with Crippen LogP contribution in [0.2, 0.25) is 0 Å². The number of benzene rings is 2. The first-order valence-corrected chi connectivity index (χ1v) is 10.6. The van der Waals surface area contributed by atoms with Crippen LogP contribution in [0.3, 0.4) is 0 Å². The molecule has 3 rings (SSSR count). The molecule has 0 radical (unpaired) electrons. The first-order chi connectivity index (χ1) is 15.2. The zero-order chi connectivity index (χ0) is 23.4. The Labute approximate surface area is 186 Å². The lowest BCUT2D eigenvalue weighted by atomic mass is 9.74. The van der Waals surface area contributed by atoms with Crippen LogP contribution in [0.5, 0.6) is 0 Å². The van der Waals surface area contributed by atoms with E-state index in [0.29, 0.717) is 17.5 Å². The first-order valence-electron chi connectivity index (χ1n) is 10.6. The Morgan fingerprint density at radius 1 is 1.16 bits per heavy atom. The molecule has 0 bridgehead atoms. The smallest absolute Gasteiger partial charge is 0.426 e. The summed E-state index contributed by atoms with van der Waals surface area (Å²) in [4.78, 5) is 25.0. The minimum atomic E-state index is -1.77. The molecule has 5 atom stereocenters. The standard InChI is InChI=1S/C22H27BFN3O5/c1-13(2)12-17(23(29)30)25-22(28)20-18(14-8-10-16(24)11-9-14)21(27(31)32)19(26-20)15-6-4-3-5-7-15/h3-11,13,17-21,26,29-30H,12H2,1-2H3,(H,25,28)/t17?,18?,19-,20-,21-/m1/s1. The molecule has 1 fully saturated rings. The maximum absolute atomic E-state index is 13.5. The normalized spacial score (nSPS) is 23.7. The van der Waals surface area contributed by atoms with Crippen LogP contribution in [0.4, 0.5) is 4.39 Å². The van der Waals surface area contributed by atoms with Crippen LogP contribution in [-0.2, 0) is 4.79 Å². The van der Waals surface area contributed by atoms with Crippen molar-refractivity contribution < 1.29 is 24.2 Å². The van der Waals surface area contributed by atoms with Crippen LogP contribution in [-0.4, -0.2) is 46.0 Å².